The number of hydrogen-bond donors (Lipinski definition) is 0. The first kappa shape index (κ1) is 20.4. The molecular formula is C21H18N6O3S. The van der Waals surface area contributed by atoms with E-state index in [-0.39, 0.29) is 5.69 Å². The summed E-state index contributed by atoms with van der Waals surface area (Å²) in [4.78, 5) is 19.4. The van der Waals surface area contributed by atoms with Crippen LogP contribution in [0, 0.1) is 17.0 Å². The zero-order chi connectivity index (χ0) is 22.0. The van der Waals surface area contributed by atoms with Gasteiger partial charge in [-0.25, -0.2) is 13.6 Å². The van der Waals surface area contributed by atoms with E-state index in [1.165, 1.54) is 16.5 Å². The number of nitrogens with zero attached hydrogens (tertiary/aromatic N) is 6. The third kappa shape index (κ3) is 4.19. The summed E-state index contributed by atoms with van der Waals surface area (Å²) in [5.74, 6) is 0. The van der Waals surface area contributed by atoms with Gasteiger partial charge in [0, 0.05) is 48.9 Å². The van der Waals surface area contributed by atoms with Crippen LogP contribution in [0.1, 0.15) is 11.3 Å². The molecule has 0 saturated carbocycles. The fraction of sp³-hybridized carbons (Fsp3) is 0.0952. The molecule has 10 heteroatoms. The molecule has 0 saturated heterocycles. The highest BCUT2D eigenvalue weighted by Crippen LogP contribution is 2.22. The molecule has 9 nitrogen and oxygen atoms in total. The molecule has 1 unspecified atom stereocenters. The van der Waals surface area contributed by atoms with Crippen molar-refractivity contribution in [3.8, 4) is 11.1 Å². The van der Waals surface area contributed by atoms with Crippen molar-refractivity contribution >= 4 is 28.5 Å². The second-order valence-corrected chi connectivity index (χ2v) is 8.20. The predicted octanol–water partition coefficient (Wildman–Crippen LogP) is 3.60. The van der Waals surface area contributed by atoms with Crippen LogP contribution in [0.15, 0.2) is 77.2 Å². The quantitative estimate of drug-likeness (QED) is 0.262. The Kier molecular flexibility index (Phi) is 5.54. The maximum Gasteiger partial charge on any atom is 0.270 e. The number of rotatable bonds is 6. The number of fused-ring (bicyclic) bond motifs is 1. The van der Waals surface area contributed by atoms with Gasteiger partial charge in [-0.05, 0) is 30.7 Å². The summed E-state index contributed by atoms with van der Waals surface area (Å²) in [5, 5.41) is 15.3. The van der Waals surface area contributed by atoms with Crippen molar-refractivity contribution in [1.29, 1.82) is 0 Å². The molecule has 4 rings (SSSR count). The van der Waals surface area contributed by atoms with Crippen molar-refractivity contribution in [2.45, 2.75) is 11.8 Å². The zero-order valence-corrected chi connectivity index (χ0v) is 17.6. The molecule has 3 heterocycles. The largest absolute Gasteiger partial charge is 0.298 e. The van der Waals surface area contributed by atoms with Crippen LogP contribution in [0.25, 0.3) is 16.8 Å². The van der Waals surface area contributed by atoms with Crippen LogP contribution < -0.4 is 0 Å². The van der Waals surface area contributed by atoms with Crippen LogP contribution in [-0.4, -0.2) is 41.2 Å². The fourth-order valence-corrected chi connectivity index (χ4v) is 4.00. The normalized spacial score (nSPS) is 12.3. The lowest BCUT2D eigenvalue weighted by molar-refractivity contribution is -0.385. The summed E-state index contributed by atoms with van der Waals surface area (Å²) in [7, 11) is -0.152. The van der Waals surface area contributed by atoms with E-state index in [2.05, 4.69) is 15.1 Å². The highest BCUT2D eigenvalue weighted by Gasteiger charge is 2.16. The Morgan fingerprint density at radius 2 is 2.03 bits per heavy atom. The van der Waals surface area contributed by atoms with E-state index in [1.54, 1.807) is 44.8 Å². The molecule has 4 aromatic rings. The molecule has 0 amide bonds. The van der Waals surface area contributed by atoms with Gasteiger partial charge in [0.25, 0.3) is 5.69 Å². The van der Waals surface area contributed by atoms with Gasteiger partial charge in [0.15, 0.2) is 11.0 Å². The van der Waals surface area contributed by atoms with E-state index in [0.29, 0.717) is 16.2 Å². The van der Waals surface area contributed by atoms with Crippen molar-refractivity contribution in [2.24, 2.45) is 5.10 Å². The maximum absolute atomic E-state index is 12.9. The van der Waals surface area contributed by atoms with Gasteiger partial charge in [0.1, 0.15) is 5.65 Å². The first-order valence-electron chi connectivity index (χ1n) is 9.26. The summed E-state index contributed by atoms with van der Waals surface area (Å²) in [6, 6.07) is 12.0. The van der Waals surface area contributed by atoms with E-state index in [0.717, 1.165) is 16.8 Å². The smallest absolute Gasteiger partial charge is 0.270 e. The molecule has 0 aliphatic heterocycles. The van der Waals surface area contributed by atoms with Gasteiger partial charge in [-0.2, -0.15) is 5.10 Å². The highest BCUT2D eigenvalue weighted by atomic mass is 32.2. The first-order valence-corrected chi connectivity index (χ1v) is 10.4. The molecule has 0 fully saturated rings. The molecular weight excluding hydrogens is 416 g/mol. The molecule has 1 aromatic carbocycles. The number of hydrazone groups is 1. The lowest BCUT2D eigenvalue weighted by atomic mass is 10.1. The Morgan fingerprint density at radius 3 is 2.77 bits per heavy atom. The molecule has 31 heavy (non-hydrogen) atoms. The number of pyridine rings is 2. The number of nitro groups is 1. The van der Waals surface area contributed by atoms with Crippen LogP contribution in [0.3, 0.4) is 0 Å². The predicted molar refractivity (Wildman–Crippen MR) is 118 cm³/mol. The number of hydrogen-bond acceptors (Lipinski definition) is 6. The van der Waals surface area contributed by atoms with E-state index < -0.39 is 15.9 Å². The molecule has 0 aliphatic carbocycles. The van der Waals surface area contributed by atoms with E-state index in [9.17, 15) is 14.3 Å². The van der Waals surface area contributed by atoms with Gasteiger partial charge in [-0.1, -0.05) is 12.1 Å². The summed E-state index contributed by atoms with van der Waals surface area (Å²) < 4.78 is 16.0. The van der Waals surface area contributed by atoms with Crippen molar-refractivity contribution in [2.75, 3.05) is 7.05 Å². The van der Waals surface area contributed by atoms with E-state index in [4.69, 9.17) is 0 Å². The van der Waals surface area contributed by atoms with Crippen molar-refractivity contribution in [3.05, 3.63) is 88.6 Å². The number of nitro benzene ring substituents is 1. The number of benzene rings is 1. The topological polar surface area (TPSA) is 106 Å². The van der Waals surface area contributed by atoms with Gasteiger partial charge in [-0.15, -0.1) is 0 Å². The van der Waals surface area contributed by atoms with Gasteiger partial charge >= 0.3 is 0 Å². The second-order valence-electron chi connectivity index (χ2n) is 6.74. The Balaban J connectivity index is 1.62. The van der Waals surface area contributed by atoms with Crippen molar-refractivity contribution in [3.63, 3.8) is 0 Å². The molecule has 0 N–H and O–H groups in total. The summed E-state index contributed by atoms with van der Waals surface area (Å²) in [6.07, 6.45) is 8.65. The Labute approximate surface area is 180 Å². The van der Waals surface area contributed by atoms with E-state index in [1.807, 2.05) is 34.9 Å². The molecule has 0 bridgehead atoms. The minimum Gasteiger partial charge on any atom is -0.298 e. The van der Waals surface area contributed by atoms with Crippen LogP contribution in [0.2, 0.25) is 0 Å². The van der Waals surface area contributed by atoms with Crippen LogP contribution in [-0.2, 0) is 11.0 Å². The van der Waals surface area contributed by atoms with Crippen LogP contribution >= 0.6 is 0 Å². The fourth-order valence-electron chi connectivity index (χ4n) is 3.02. The molecule has 3 aromatic heterocycles. The number of imidazole rings is 1. The Bertz CT molecular complexity index is 1320. The lowest BCUT2D eigenvalue weighted by Gasteiger charge is -2.13. The van der Waals surface area contributed by atoms with Gasteiger partial charge in [0.05, 0.1) is 27.9 Å². The number of non-ortho nitro benzene ring substituents is 1. The van der Waals surface area contributed by atoms with Crippen molar-refractivity contribution < 1.29 is 9.13 Å². The first-order chi connectivity index (χ1) is 14.9. The average Bonchev–Trinajstić information content (AvgIpc) is 3.20. The Hall–Kier alpha value is -3.92. The molecule has 0 radical (unpaired) electrons. The van der Waals surface area contributed by atoms with Crippen LogP contribution in [0.5, 0.6) is 0 Å². The Morgan fingerprint density at radius 1 is 1.19 bits per heavy atom. The summed E-state index contributed by atoms with van der Waals surface area (Å²) in [5.41, 5.74) is 3.95. The average molecular weight is 434 g/mol. The molecule has 0 aliphatic rings. The maximum atomic E-state index is 12.9. The molecule has 1 atom stereocenters. The lowest BCUT2D eigenvalue weighted by Crippen LogP contribution is -2.16. The molecule has 156 valence electrons. The highest BCUT2D eigenvalue weighted by molar-refractivity contribution is 7.82. The second kappa shape index (κ2) is 8.44. The molecule has 0 spiro atoms. The summed E-state index contributed by atoms with van der Waals surface area (Å²) >= 11 is 0. The third-order valence-corrected chi connectivity index (χ3v) is 6.08. The minimum absolute atomic E-state index is 0.115. The standard InChI is InChI=1S/C21H18N6O3S/c1-15-5-7-18(27(28)29)10-20(15)31(30)25(2)24-13-19-12-23-21-8-6-17(14-26(19)21)16-4-3-9-22-11-16/h3-14H,1-2H3/b24-13+. The number of aromatic nitrogens is 3. The SMILES string of the molecule is Cc1ccc([N+](=O)[O-])cc1S(=O)N(C)/N=C/c1cnc2ccc(-c3cccnc3)cn12. The third-order valence-electron chi connectivity index (χ3n) is 4.69. The zero-order valence-electron chi connectivity index (χ0n) is 16.7. The number of aryl methyl sites for hydroxylation is 1. The summed E-state index contributed by atoms with van der Waals surface area (Å²) in [6.45, 7) is 1.75. The van der Waals surface area contributed by atoms with Crippen molar-refractivity contribution in [1.82, 2.24) is 18.8 Å². The monoisotopic (exact) mass is 434 g/mol. The van der Waals surface area contributed by atoms with Gasteiger partial charge in [-0.3, -0.25) is 19.5 Å². The van der Waals surface area contributed by atoms with Gasteiger partial charge in [0.2, 0.25) is 0 Å². The van der Waals surface area contributed by atoms with E-state index >= 15 is 0 Å². The van der Waals surface area contributed by atoms with Crippen LogP contribution in [0.4, 0.5) is 5.69 Å². The van der Waals surface area contributed by atoms with Gasteiger partial charge < -0.3 is 0 Å². The minimum atomic E-state index is -1.70.